The SMILES string of the molecule is O=S(=O)(Cl)c1c(OC(F)(F)F)ncc(CBr)c1C(F)F. The minimum absolute atomic E-state index is 0.259. The van der Waals surface area contributed by atoms with E-state index in [0.717, 1.165) is 0 Å². The van der Waals surface area contributed by atoms with Crippen LogP contribution in [0.15, 0.2) is 11.1 Å². The summed E-state index contributed by atoms with van der Waals surface area (Å²) in [4.78, 5) is 1.58. The molecule has 0 atom stereocenters. The van der Waals surface area contributed by atoms with Crippen LogP contribution in [0.1, 0.15) is 17.6 Å². The second-order valence-electron chi connectivity index (χ2n) is 3.25. The van der Waals surface area contributed by atoms with Crippen LogP contribution in [0, 0.1) is 0 Å². The Morgan fingerprint density at radius 1 is 1.40 bits per heavy atom. The van der Waals surface area contributed by atoms with Crippen molar-refractivity contribution in [1.82, 2.24) is 4.98 Å². The molecule has 0 saturated carbocycles. The number of rotatable bonds is 4. The van der Waals surface area contributed by atoms with Gasteiger partial charge in [-0.05, 0) is 5.56 Å². The molecule has 1 heterocycles. The molecule has 0 amide bonds. The molecule has 1 aromatic rings. The molecule has 1 rings (SSSR count). The maximum absolute atomic E-state index is 12.9. The minimum Gasteiger partial charge on any atom is -0.386 e. The van der Waals surface area contributed by atoms with Crippen molar-refractivity contribution in [2.45, 2.75) is 23.0 Å². The van der Waals surface area contributed by atoms with Gasteiger partial charge >= 0.3 is 6.36 Å². The van der Waals surface area contributed by atoms with Crippen molar-refractivity contribution < 1.29 is 35.1 Å². The van der Waals surface area contributed by atoms with Crippen LogP contribution in [0.5, 0.6) is 5.88 Å². The Kier molecular flexibility index (Phi) is 5.19. The van der Waals surface area contributed by atoms with E-state index in [4.69, 9.17) is 10.7 Å². The van der Waals surface area contributed by atoms with Crippen molar-refractivity contribution in [3.8, 4) is 5.88 Å². The molecule has 114 valence electrons. The van der Waals surface area contributed by atoms with Crippen LogP contribution in [0.2, 0.25) is 0 Å². The Morgan fingerprint density at radius 2 is 1.95 bits per heavy atom. The number of aromatic nitrogens is 1. The average molecular weight is 405 g/mol. The molecule has 0 bridgehead atoms. The molecule has 20 heavy (non-hydrogen) atoms. The summed E-state index contributed by atoms with van der Waals surface area (Å²) in [5.41, 5.74) is -1.51. The molecule has 0 saturated heterocycles. The van der Waals surface area contributed by atoms with Crippen LogP contribution in [-0.2, 0) is 14.4 Å². The number of nitrogens with zero attached hydrogens (tertiary/aromatic N) is 1. The molecule has 0 N–H and O–H groups in total. The van der Waals surface area contributed by atoms with E-state index in [2.05, 4.69) is 25.7 Å². The standard InChI is InChI=1S/C8H4BrClF5NO3S/c9-1-3-2-16-7(19-8(13,14)15)5(20(10,17)18)4(3)6(11)12/h2,6H,1H2. The zero-order valence-corrected chi connectivity index (χ0v) is 12.2. The first-order chi connectivity index (χ1) is 8.97. The van der Waals surface area contributed by atoms with Gasteiger partial charge in [-0.1, -0.05) is 15.9 Å². The maximum atomic E-state index is 12.9. The van der Waals surface area contributed by atoms with Crippen molar-refractivity contribution in [2.24, 2.45) is 0 Å². The Bertz CT molecular complexity index is 607. The molecule has 4 nitrogen and oxygen atoms in total. The lowest BCUT2D eigenvalue weighted by atomic mass is 10.1. The average Bonchev–Trinajstić information content (AvgIpc) is 2.24. The minimum atomic E-state index is -5.31. The van der Waals surface area contributed by atoms with Gasteiger partial charge in [0.25, 0.3) is 15.5 Å². The third kappa shape index (κ3) is 4.16. The molecule has 0 aliphatic heterocycles. The lowest BCUT2D eigenvalue weighted by molar-refractivity contribution is -0.277. The lowest BCUT2D eigenvalue weighted by Gasteiger charge is -2.15. The van der Waals surface area contributed by atoms with Crippen LogP contribution in [0.3, 0.4) is 0 Å². The highest BCUT2D eigenvalue weighted by Gasteiger charge is 2.38. The van der Waals surface area contributed by atoms with E-state index in [1.165, 1.54) is 0 Å². The van der Waals surface area contributed by atoms with Crippen molar-refractivity contribution in [1.29, 1.82) is 0 Å². The number of pyridine rings is 1. The van der Waals surface area contributed by atoms with E-state index in [-0.39, 0.29) is 10.9 Å². The first kappa shape index (κ1) is 17.4. The number of hydrogen-bond acceptors (Lipinski definition) is 4. The molecule has 0 aliphatic rings. The molecule has 1 aromatic heterocycles. The molecule has 0 radical (unpaired) electrons. The van der Waals surface area contributed by atoms with Gasteiger partial charge < -0.3 is 4.74 Å². The fourth-order valence-electron chi connectivity index (χ4n) is 1.29. The highest BCUT2D eigenvalue weighted by atomic mass is 79.9. The number of ether oxygens (including phenoxy) is 1. The van der Waals surface area contributed by atoms with E-state index in [1.807, 2.05) is 0 Å². The highest BCUT2D eigenvalue weighted by Crippen LogP contribution is 2.39. The second-order valence-corrected chi connectivity index (χ2v) is 6.31. The monoisotopic (exact) mass is 403 g/mol. The van der Waals surface area contributed by atoms with E-state index >= 15 is 0 Å². The van der Waals surface area contributed by atoms with Crippen LogP contribution >= 0.6 is 26.6 Å². The van der Waals surface area contributed by atoms with Crippen LogP contribution in [0.4, 0.5) is 22.0 Å². The van der Waals surface area contributed by atoms with E-state index < -0.39 is 38.2 Å². The molecule has 0 unspecified atom stereocenters. The number of hydrogen-bond donors (Lipinski definition) is 0. The summed E-state index contributed by atoms with van der Waals surface area (Å²) in [6.07, 6.45) is -8.05. The second kappa shape index (κ2) is 5.98. The van der Waals surface area contributed by atoms with Gasteiger partial charge in [0.1, 0.15) is 0 Å². The van der Waals surface area contributed by atoms with E-state index in [9.17, 15) is 30.4 Å². The first-order valence-corrected chi connectivity index (χ1v) is 7.96. The summed E-state index contributed by atoms with van der Waals surface area (Å²) in [5, 5.41) is -0.259. The van der Waals surface area contributed by atoms with Gasteiger partial charge in [0.2, 0.25) is 5.88 Å². The molecular formula is C8H4BrClF5NO3S. The summed E-state index contributed by atoms with van der Waals surface area (Å²) in [5.74, 6) is -1.55. The normalized spacial score (nSPS) is 12.8. The summed E-state index contributed by atoms with van der Waals surface area (Å²) in [6.45, 7) is 0. The summed E-state index contributed by atoms with van der Waals surface area (Å²) >= 11 is 2.79. The van der Waals surface area contributed by atoms with Crippen LogP contribution in [0.25, 0.3) is 0 Å². The highest BCUT2D eigenvalue weighted by molar-refractivity contribution is 9.08. The zero-order valence-electron chi connectivity index (χ0n) is 9.09. The predicted molar refractivity (Wildman–Crippen MR) is 61.5 cm³/mol. The van der Waals surface area contributed by atoms with Gasteiger partial charge in [-0.25, -0.2) is 22.2 Å². The van der Waals surface area contributed by atoms with E-state index in [1.54, 1.807) is 0 Å². The molecule has 0 fully saturated rings. The smallest absolute Gasteiger partial charge is 0.386 e. The van der Waals surface area contributed by atoms with Gasteiger partial charge in [-0.2, -0.15) is 0 Å². The lowest BCUT2D eigenvalue weighted by Crippen LogP contribution is -2.20. The Labute approximate surface area is 122 Å². The summed E-state index contributed by atoms with van der Waals surface area (Å²) in [6, 6.07) is 0. The van der Waals surface area contributed by atoms with Crippen molar-refractivity contribution in [3.05, 3.63) is 17.3 Å². The third-order valence-electron chi connectivity index (χ3n) is 1.94. The van der Waals surface area contributed by atoms with Gasteiger partial charge in [0.15, 0.2) is 4.90 Å². The van der Waals surface area contributed by atoms with Crippen LogP contribution in [-0.4, -0.2) is 19.8 Å². The Balaban J connectivity index is 3.67. The first-order valence-electron chi connectivity index (χ1n) is 4.53. The van der Waals surface area contributed by atoms with Gasteiger partial charge in [-0.15, -0.1) is 13.2 Å². The fraction of sp³-hybridized carbons (Fsp3) is 0.375. The predicted octanol–water partition coefficient (Wildman–Crippen LogP) is 3.74. The summed E-state index contributed by atoms with van der Waals surface area (Å²) < 4.78 is 88.1. The zero-order chi connectivity index (χ0) is 15.7. The molecular weight excluding hydrogens is 401 g/mol. The molecule has 12 heteroatoms. The van der Waals surface area contributed by atoms with Gasteiger partial charge in [-0.3, -0.25) is 0 Å². The molecule has 0 spiro atoms. The van der Waals surface area contributed by atoms with E-state index in [0.29, 0.717) is 6.20 Å². The van der Waals surface area contributed by atoms with Crippen molar-refractivity contribution in [2.75, 3.05) is 0 Å². The topological polar surface area (TPSA) is 56.3 Å². The summed E-state index contributed by atoms with van der Waals surface area (Å²) in [7, 11) is -0.0233. The number of alkyl halides is 6. The quantitative estimate of drug-likeness (QED) is 0.436. The van der Waals surface area contributed by atoms with Gasteiger partial charge in [0.05, 0.1) is 0 Å². The largest absolute Gasteiger partial charge is 0.574 e. The Hall–Kier alpha value is -0.680. The van der Waals surface area contributed by atoms with Gasteiger partial charge in [0, 0.05) is 27.8 Å². The third-order valence-corrected chi connectivity index (χ3v) is 3.89. The fourth-order valence-corrected chi connectivity index (χ4v) is 2.97. The number of halogens is 7. The molecule has 0 aliphatic carbocycles. The van der Waals surface area contributed by atoms with Crippen LogP contribution < -0.4 is 4.74 Å². The van der Waals surface area contributed by atoms with Crippen molar-refractivity contribution >= 4 is 35.7 Å². The molecule has 0 aromatic carbocycles. The maximum Gasteiger partial charge on any atom is 0.574 e. The van der Waals surface area contributed by atoms with Crippen molar-refractivity contribution in [3.63, 3.8) is 0 Å². The Morgan fingerprint density at radius 3 is 2.30 bits per heavy atom.